The number of rotatable bonds is 2. The molecule has 5 nitrogen and oxygen atoms in total. The number of piperidine rings is 1. The van der Waals surface area contributed by atoms with Crippen LogP contribution in [0.5, 0.6) is 0 Å². The number of hydrogen-bond donors (Lipinski definition) is 2. The first-order valence-corrected chi connectivity index (χ1v) is 6.95. The number of halogens is 1. The van der Waals surface area contributed by atoms with Crippen molar-refractivity contribution in [2.24, 2.45) is 0 Å². The number of benzene rings is 1. The Balaban J connectivity index is 1.89. The van der Waals surface area contributed by atoms with Gasteiger partial charge in [0, 0.05) is 24.9 Å². The molecule has 2 fully saturated rings. The van der Waals surface area contributed by atoms with Gasteiger partial charge in [0.25, 0.3) is 0 Å². The summed E-state index contributed by atoms with van der Waals surface area (Å²) in [6.45, 7) is 0. The Kier molecular flexibility index (Phi) is 3.20. The highest BCUT2D eigenvalue weighted by atomic mass is 19.1. The van der Waals surface area contributed by atoms with Crippen LogP contribution in [0, 0.1) is 5.82 Å². The first kappa shape index (κ1) is 14.0. The van der Waals surface area contributed by atoms with Crippen LogP contribution in [0.2, 0.25) is 0 Å². The molecule has 3 rings (SSSR count). The van der Waals surface area contributed by atoms with E-state index in [-0.39, 0.29) is 30.5 Å². The van der Waals surface area contributed by atoms with Crippen LogP contribution >= 0.6 is 0 Å². The second-order valence-corrected chi connectivity index (χ2v) is 5.82. The molecule has 2 aliphatic heterocycles. The van der Waals surface area contributed by atoms with Crippen LogP contribution in [0.3, 0.4) is 0 Å². The average molecular weight is 293 g/mol. The number of aliphatic hydroxyl groups is 1. The third-order valence-electron chi connectivity index (χ3n) is 4.53. The van der Waals surface area contributed by atoms with Gasteiger partial charge in [0.15, 0.2) is 5.78 Å². The molecular weight excluding hydrogens is 277 g/mol. The van der Waals surface area contributed by atoms with E-state index in [9.17, 15) is 24.2 Å². The zero-order valence-electron chi connectivity index (χ0n) is 11.3. The number of nitrogens with zero attached hydrogens (tertiary/aromatic N) is 1. The maximum absolute atomic E-state index is 13.7. The first-order chi connectivity index (χ1) is 9.92. The third-order valence-corrected chi connectivity index (χ3v) is 4.53. The molecule has 1 amide bonds. The molecule has 2 aliphatic rings. The quantitative estimate of drug-likeness (QED) is 0.818. The van der Waals surface area contributed by atoms with Gasteiger partial charge in [-0.05, 0) is 25.0 Å². The highest BCUT2D eigenvalue weighted by Crippen LogP contribution is 2.42. The fraction of sp³-hybridized carbons (Fsp3) is 0.467. The van der Waals surface area contributed by atoms with Gasteiger partial charge in [-0.3, -0.25) is 4.79 Å². The van der Waals surface area contributed by atoms with Crippen molar-refractivity contribution in [2.45, 2.75) is 43.4 Å². The zero-order valence-corrected chi connectivity index (χ0v) is 11.3. The minimum atomic E-state index is -1.68. The molecule has 3 atom stereocenters. The van der Waals surface area contributed by atoms with Gasteiger partial charge in [-0.25, -0.2) is 9.18 Å². The molecule has 1 aromatic rings. The van der Waals surface area contributed by atoms with E-state index in [0.29, 0.717) is 12.8 Å². The smallest absolute Gasteiger partial charge is 0.407 e. The monoisotopic (exact) mass is 293 g/mol. The molecule has 112 valence electrons. The second kappa shape index (κ2) is 4.80. The highest BCUT2D eigenvalue weighted by Gasteiger charge is 2.53. The molecule has 0 aliphatic carbocycles. The molecule has 2 saturated heterocycles. The van der Waals surface area contributed by atoms with Gasteiger partial charge in [-0.15, -0.1) is 0 Å². The Bertz CT molecular complexity index is 589. The molecule has 1 aromatic carbocycles. The van der Waals surface area contributed by atoms with Crippen LogP contribution in [-0.4, -0.2) is 44.7 Å². The zero-order chi connectivity index (χ0) is 15.2. The Morgan fingerprint density at radius 3 is 2.29 bits per heavy atom. The summed E-state index contributed by atoms with van der Waals surface area (Å²) in [6.07, 6.45) is 0.294. The largest absolute Gasteiger partial charge is 0.465 e. The number of ketones is 1. The van der Waals surface area contributed by atoms with Gasteiger partial charge in [0.05, 0.1) is 5.56 Å². The van der Waals surface area contributed by atoms with Crippen LogP contribution in [0.25, 0.3) is 0 Å². The maximum atomic E-state index is 13.7. The number of hydrogen-bond acceptors (Lipinski definition) is 3. The lowest BCUT2D eigenvalue weighted by Crippen LogP contribution is -2.56. The van der Waals surface area contributed by atoms with E-state index >= 15 is 0 Å². The Morgan fingerprint density at radius 1 is 1.19 bits per heavy atom. The van der Waals surface area contributed by atoms with Crippen molar-refractivity contribution in [1.82, 2.24) is 4.90 Å². The highest BCUT2D eigenvalue weighted by molar-refractivity contribution is 6.02. The Hall–Kier alpha value is -1.95. The maximum Gasteiger partial charge on any atom is 0.407 e. The summed E-state index contributed by atoms with van der Waals surface area (Å²) in [6, 6.07) is 4.80. The van der Waals surface area contributed by atoms with Gasteiger partial charge < -0.3 is 15.1 Å². The van der Waals surface area contributed by atoms with E-state index in [1.54, 1.807) is 6.07 Å². The molecule has 6 heteroatoms. The lowest BCUT2D eigenvalue weighted by atomic mass is 9.80. The number of carbonyl (C=O) groups is 2. The summed E-state index contributed by atoms with van der Waals surface area (Å²) in [7, 11) is 0. The third kappa shape index (κ3) is 2.19. The summed E-state index contributed by atoms with van der Waals surface area (Å²) in [5, 5.41) is 19.9. The molecule has 0 aromatic heterocycles. The molecule has 2 bridgehead atoms. The van der Waals surface area contributed by atoms with E-state index in [4.69, 9.17) is 0 Å². The fourth-order valence-electron chi connectivity index (χ4n) is 3.62. The summed E-state index contributed by atoms with van der Waals surface area (Å²) in [5.74, 6) is -1.31. The van der Waals surface area contributed by atoms with E-state index in [2.05, 4.69) is 0 Å². The van der Waals surface area contributed by atoms with Gasteiger partial charge in [-0.2, -0.15) is 0 Å². The van der Waals surface area contributed by atoms with Crippen LogP contribution in [0.4, 0.5) is 9.18 Å². The van der Waals surface area contributed by atoms with Gasteiger partial charge in [0.1, 0.15) is 11.4 Å². The van der Waals surface area contributed by atoms with Crippen molar-refractivity contribution >= 4 is 11.9 Å². The van der Waals surface area contributed by atoms with Crippen LogP contribution in [0.15, 0.2) is 24.3 Å². The van der Waals surface area contributed by atoms with Gasteiger partial charge in [-0.1, -0.05) is 12.1 Å². The minimum Gasteiger partial charge on any atom is -0.465 e. The number of carbonyl (C=O) groups excluding carboxylic acids is 1. The second-order valence-electron chi connectivity index (χ2n) is 5.82. The van der Waals surface area contributed by atoms with E-state index in [1.807, 2.05) is 0 Å². The van der Waals surface area contributed by atoms with Crippen molar-refractivity contribution in [3.8, 4) is 0 Å². The van der Waals surface area contributed by atoms with Crippen LogP contribution in [0.1, 0.15) is 36.0 Å². The Morgan fingerprint density at radius 2 is 1.76 bits per heavy atom. The summed E-state index contributed by atoms with van der Waals surface area (Å²) in [5.41, 5.74) is -1.82. The standard InChI is InChI=1S/C15H16FNO4/c16-12-4-2-1-3-11(12)13(18)15(21)7-9-5-6-10(8-15)17(9)14(19)20/h1-4,9-10,21H,5-8H2,(H,19,20)/t9-,10+,15-. The molecule has 0 spiro atoms. The first-order valence-electron chi connectivity index (χ1n) is 6.95. The van der Waals surface area contributed by atoms with Crippen LogP contribution in [-0.2, 0) is 0 Å². The SMILES string of the molecule is O=C(O)N1[C@@H]2CC[C@H]1C[C@@](O)(C(=O)c1ccccc1F)C2. The molecule has 0 unspecified atom stereocenters. The molecule has 2 N–H and O–H groups in total. The van der Waals surface area contributed by atoms with Crippen molar-refractivity contribution < 1.29 is 24.2 Å². The average Bonchev–Trinajstić information content (AvgIpc) is 2.72. The summed E-state index contributed by atoms with van der Waals surface area (Å²) >= 11 is 0. The van der Waals surface area contributed by atoms with Gasteiger partial charge >= 0.3 is 6.09 Å². The van der Waals surface area contributed by atoms with Crippen molar-refractivity contribution in [3.05, 3.63) is 35.6 Å². The lowest BCUT2D eigenvalue weighted by molar-refractivity contribution is -0.0267. The molecule has 0 radical (unpaired) electrons. The van der Waals surface area contributed by atoms with Crippen molar-refractivity contribution in [2.75, 3.05) is 0 Å². The number of amides is 1. The van der Waals surface area contributed by atoms with E-state index in [0.717, 1.165) is 0 Å². The normalized spacial score (nSPS) is 31.2. The topological polar surface area (TPSA) is 77.8 Å². The molecule has 21 heavy (non-hydrogen) atoms. The minimum absolute atomic E-state index is 0.0307. The molecular formula is C15H16FNO4. The van der Waals surface area contributed by atoms with E-state index < -0.39 is 23.3 Å². The fourth-order valence-corrected chi connectivity index (χ4v) is 3.62. The van der Waals surface area contributed by atoms with Gasteiger partial charge in [0.2, 0.25) is 0 Å². The number of fused-ring (bicyclic) bond motifs is 2. The van der Waals surface area contributed by atoms with Crippen LogP contribution < -0.4 is 0 Å². The summed E-state index contributed by atoms with van der Waals surface area (Å²) < 4.78 is 13.7. The molecule has 2 heterocycles. The molecule has 0 saturated carbocycles. The summed E-state index contributed by atoms with van der Waals surface area (Å²) in [4.78, 5) is 25.0. The lowest BCUT2D eigenvalue weighted by Gasteiger charge is -2.41. The van der Waals surface area contributed by atoms with Crippen molar-refractivity contribution in [1.29, 1.82) is 0 Å². The number of Topliss-reactive ketones (excluding diaryl/α,β-unsaturated/α-hetero) is 1. The Labute approximate surface area is 121 Å². The predicted octanol–water partition coefficient (Wildman–Crippen LogP) is 2.04. The van der Waals surface area contributed by atoms with E-state index in [1.165, 1.54) is 23.1 Å². The number of carboxylic acid groups (broad SMARTS) is 1. The predicted molar refractivity (Wildman–Crippen MR) is 71.6 cm³/mol. The van der Waals surface area contributed by atoms with Crippen molar-refractivity contribution in [3.63, 3.8) is 0 Å².